The van der Waals surface area contributed by atoms with Crippen molar-refractivity contribution in [1.82, 2.24) is 0 Å². The van der Waals surface area contributed by atoms with Gasteiger partial charge in [0.15, 0.2) is 11.5 Å². The Morgan fingerprint density at radius 3 is 2.59 bits per heavy atom. The summed E-state index contributed by atoms with van der Waals surface area (Å²) in [5.74, 6) is 0.343. The van der Waals surface area contributed by atoms with Gasteiger partial charge in [0.25, 0.3) is 0 Å². The molecular formula is C13H14O4. The fourth-order valence-corrected chi connectivity index (χ4v) is 1.69. The summed E-state index contributed by atoms with van der Waals surface area (Å²) in [6.07, 6.45) is 0.961. The van der Waals surface area contributed by atoms with E-state index in [4.69, 9.17) is 9.47 Å². The molecule has 1 aromatic rings. The lowest BCUT2D eigenvalue weighted by molar-refractivity contribution is -0.115. The Bertz CT molecular complexity index is 451. The van der Waals surface area contributed by atoms with Crippen LogP contribution in [0.1, 0.15) is 30.1 Å². The van der Waals surface area contributed by atoms with E-state index in [1.165, 1.54) is 0 Å². The summed E-state index contributed by atoms with van der Waals surface area (Å²) in [5.41, 5.74) is 0.368. The molecule has 1 heterocycles. The van der Waals surface area contributed by atoms with Crippen LogP contribution in [0, 0.1) is 0 Å². The van der Waals surface area contributed by atoms with E-state index < -0.39 is 5.78 Å². The molecule has 0 N–H and O–H groups in total. The molecule has 0 radical (unpaired) electrons. The molecule has 0 saturated heterocycles. The number of carbonyl (C=O) groups excluding carboxylic acids is 2. The van der Waals surface area contributed by atoms with Crippen molar-refractivity contribution in [2.75, 3.05) is 13.2 Å². The van der Waals surface area contributed by atoms with Crippen LogP contribution in [0.2, 0.25) is 0 Å². The van der Waals surface area contributed by atoms with Crippen LogP contribution < -0.4 is 9.47 Å². The van der Waals surface area contributed by atoms with Gasteiger partial charge in [-0.3, -0.25) is 9.59 Å². The van der Waals surface area contributed by atoms with Gasteiger partial charge in [-0.2, -0.15) is 0 Å². The van der Waals surface area contributed by atoms with Crippen molar-refractivity contribution in [3.05, 3.63) is 23.8 Å². The summed E-state index contributed by atoms with van der Waals surface area (Å²) in [4.78, 5) is 23.3. The van der Waals surface area contributed by atoms with Crippen molar-refractivity contribution in [3.8, 4) is 11.5 Å². The molecule has 1 aliphatic rings. The molecule has 1 aliphatic heterocycles. The fraction of sp³-hybridized carbons (Fsp3) is 0.385. The van der Waals surface area contributed by atoms with Crippen LogP contribution in [-0.2, 0) is 4.79 Å². The van der Waals surface area contributed by atoms with Gasteiger partial charge in [-0.1, -0.05) is 6.92 Å². The standard InChI is InChI=1S/C13H14O4/c1-2-3-10(14)13(15)9-4-5-11-12(8-9)17-7-6-16-11/h4-5,8H,2-3,6-7H2,1H3. The summed E-state index contributed by atoms with van der Waals surface area (Å²) >= 11 is 0. The number of rotatable bonds is 4. The molecule has 0 fully saturated rings. The van der Waals surface area contributed by atoms with Crippen molar-refractivity contribution in [3.63, 3.8) is 0 Å². The van der Waals surface area contributed by atoms with Gasteiger partial charge in [-0.25, -0.2) is 0 Å². The van der Waals surface area contributed by atoms with E-state index >= 15 is 0 Å². The first-order chi connectivity index (χ1) is 8.22. The van der Waals surface area contributed by atoms with Gasteiger partial charge < -0.3 is 9.47 Å². The third-order valence-corrected chi connectivity index (χ3v) is 2.53. The number of carbonyl (C=O) groups is 2. The minimum absolute atomic E-state index is 0.285. The van der Waals surface area contributed by atoms with Gasteiger partial charge in [-0.05, 0) is 24.6 Å². The number of hydrogen-bond donors (Lipinski definition) is 0. The predicted octanol–water partition coefficient (Wildman–Crippen LogP) is 2.01. The number of fused-ring (bicyclic) bond motifs is 1. The summed E-state index contributed by atoms with van der Waals surface area (Å²) in [6, 6.07) is 4.84. The van der Waals surface area contributed by atoms with E-state index in [1.807, 2.05) is 6.92 Å². The van der Waals surface area contributed by atoms with Crippen LogP contribution >= 0.6 is 0 Å². The largest absolute Gasteiger partial charge is 0.486 e. The normalized spacial score (nSPS) is 13.2. The average molecular weight is 234 g/mol. The number of benzene rings is 1. The Hall–Kier alpha value is -1.84. The van der Waals surface area contributed by atoms with Crippen molar-refractivity contribution in [2.45, 2.75) is 19.8 Å². The second-order valence-corrected chi connectivity index (χ2v) is 3.86. The first-order valence-electron chi connectivity index (χ1n) is 5.69. The van der Waals surface area contributed by atoms with E-state index in [1.54, 1.807) is 18.2 Å². The highest BCUT2D eigenvalue weighted by Gasteiger charge is 2.19. The lowest BCUT2D eigenvalue weighted by atomic mass is 10.0. The number of hydrogen-bond acceptors (Lipinski definition) is 4. The molecule has 2 rings (SSSR count). The van der Waals surface area contributed by atoms with Gasteiger partial charge >= 0.3 is 0 Å². The Morgan fingerprint density at radius 1 is 1.18 bits per heavy atom. The predicted molar refractivity (Wildman–Crippen MR) is 61.7 cm³/mol. The third-order valence-electron chi connectivity index (χ3n) is 2.53. The van der Waals surface area contributed by atoms with Crippen LogP contribution in [0.15, 0.2) is 18.2 Å². The van der Waals surface area contributed by atoms with Crippen molar-refractivity contribution in [1.29, 1.82) is 0 Å². The van der Waals surface area contributed by atoms with Gasteiger partial charge in [0, 0.05) is 12.0 Å². The Kier molecular flexibility index (Phi) is 3.42. The molecule has 0 aliphatic carbocycles. The van der Waals surface area contributed by atoms with Crippen molar-refractivity contribution in [2.24, 2.45) is 0 Å². The van der Waals surface area contributed by atoms with E-state index in [2.05, 4.69) is 0 Å². The molecule has 4 nitrogen and oxygen atoms in total. The quantitative estimate of drug-likeness (QED) is 0.590. The Labute approximate surface area is 99.5 Å². The SMILES string of the molecule is CCCC(=O)C(=O)c1ccc2c(c1)OCCO2. The highest BCUT2D eigenvalue weighted by atomic mass is 16.6. The number of ketones is 2. The monoisotopic (exact) mass is 234 g/mol. The summed E-state index contributed by atoms with van der Waals surface area (Å²) < 4.78 is 10.7. The Morgan fingerprint density at radius 2 is 1.88 bits per heavy atom. The molecule has 0 amide bonds. The van der Waals surface area contributed by atoms with Crippen LogP contribution in [0.5, 0.6) is 11.5 Å². The smallest absolute Gasteiger partial charge is 0.228 e. The van der Waals surface area contributed by atoms with Gasteiger partial charge in [0.05, 0.1) is 0 Å². The van der Waals surface area contributed by atoms with E-state index in [-0.39, 0.29) is 12.2 Å². The van der Waals surface area contributed by atoms with Crippen LogP contribution in [0.4, 0.5) is 0 Å². The van der Waals surface area contributed by atoms with Crippen LogP contribution in [-0.4, -0.2) is 24.8 Å². The van der Waals surface area contributed by atoms with Gasteiger partial charge in [0.1, 0.15) is 13.2 Å². The summed E-state index contributed by atoms with van der Waals surface area (Å²) in [6.45, 7) is 2.84. The topological polar surface area (TPSA) is 52.6 Å². The third kappa shape index (κ3) is 2.46. The van der Waals surface area contributed by atoms with E-state index in [0.717, 1.165) is 0 Å². The molecule has 0 aromatic heterocycles. The minimum atomic E-state index is -0.455. The molecular weight excluding hydrogens is 220 g/mol. The highest BCUT2D eigenvalue weighted by molar-refractivity contribution is 6.43. The second kappa shape index (κ2) is 4.99. The second-order valence-electron chi connectivity index (χ2n) is 3.86. The molecule has 1 aromatic carbocycles. The molecule has 0 unspecified atom stereocenters. The molecule has 4 heteroatoms. The van der Waals surface area contributed by atoms with Crippen molar-refractivity contribution >= 4 is 11.6 Å². The fourth-order valence-electron chi connectivity index (χ4n) is 1.69. The van der Waals surface area contributed by atoms with E-state index in [0.29, 0.717) is 36.7 Å². The first-order valence-corrected chi connectivity index (χ1v) is 5.69. The van der Waals surface area contributed by atoms with E-state index in [9.17, 15) is 9.59 Å². The molecule has 0 bridgehead atoms. The summed E-state index contributed by atoms with van der Waals surface area (Å²) in [5, 5.41) is 0. The number of Topliss-reactive ketones (excluding diaryl/α,β-unsaturated/α-hetero) is 2. The highest BCUT2D eigenvalue weighted by Crippen LogP contribution is 2.30. The molecule has 90 valence electrons. The van der Waals surface area contributed by atoms with Crippen LogP contribution in [0.3, 0.4) is 0 Å². The lowest BCUT2D eigenvalue weighted by Crippen LogP contribution is -2.17. The average Bonchev–Trinajstić information content (AvgIpc) is 2.37. The van der Waals surface area contributed by atoms with Crippen molar-refractivity contribution < 1.29 is 19.1 Å². The summed E-state index contributed by atoms with van der Waals surface area (Å²) in [7, 11) is 0. The minimum Gasteiger partial charge on any atom is -0.486 e. The molecule has 0 saturated carbocycles. The van der Waals surface area contributed by atoms with Gasteiger partial charge in [0.2, 0.25) is 11.6 Å². The zero-order valence-corrected chi connectivity index (χ0v) is 9.69. The zero-order valence-electron chi connectivity index (χ0n) is 9.69. The molecule has 0 atom stereocenters. The molecule has 0 spiro atoms. The zero-order chi connectivity index (χ0) is 12.3. The van der Waals surface area contributed by atoms with Crippen LogP contribution in [0.25, 0.3) is 0 Å². The first kappa shape index (κ1) is 11.6. The lowest BCUT2D eigenvalue weighted by Gasteiger charge is -2.18. The maximum Gasteiger partial charge on any atom is 0.228 e. The number of ether oxygens (including phenoxy) is 2. The maximum atomic E-state index is 11.8. The Balaban J connectivity index is 2.22. The maximum absolute atomic E-state index is 11.8. The molecule has 17 heavy (non-hydrogen) atoms. The van der Waals surface area contributed by atoms with Gasteiger partial charge in [-0.15, -0.1) is 0 Å².